The van der Waals surface area contributed by atoms with Gasteiger partial charge in [-0.25, -0.2) is 4.79 Å². The Morgan fingerprint density at radius 2 is 1.91 bits per heavy atom. The molecule has 1 aliphatic heterocycles. The van der Waals surface area contributed by atoms with Gasteiger partial charge in [-0.3, -0.25) is 0 Å². The third kappa shape index (κ3) is 4.20. The summed E-state index contributed by atoms with van der Waals surface area (Å²) in [5.41, 5.74) is 0.630. The van der Waals surface area contributed by atoms with Crippen LogP contribution in [0.25, 0.3) is 0 Å². The highest BCUT2D eigenvalue weighted by Gasteiger charge is 2.13. The Morgan fingerprint density at radius 1 is 1.13 bits per heavy atom. The lowest BCUT2D eigenvalue weighted by molar-refractivity contribution is 0.174. The van der Waals surface area contributed by atoms with Crippen molar-refractivity contribution < 1.29 is 19.0 Å². The summed E-state index contributed by atoms with van der Waals surface area (Å²) in [6, 6.07) is 11.9. The molecule has 0 unspecified atom stereocenters. The second-order valence-corrected chi connectivity index (χ2v) is 5.19. The van der Waals surface area contributed by atoms with Crippen LogP contribution in [0.3, 0.4) is 0 Å². The van der Waals surface area contributed by atoms with Crippen LogP contribution in [0.4, 0.5) is 10.5 Å². The number of anilines is 1. The van der Waals surface area contributed by atoms with Crippen molar-refractivity contribution in [2.24, 2.45) is 0 Å². The van der Waals surface area contributed by atoms with Gasteiger partial charge in [0.1, 0.15) is 12.4 Å². The van der Waals surface area contributed by atoms with E-state index in [1.165, 1.54) is 0 Å². The van der Waals surface area contributed by atoms with E-state index in [2.05, 4.69) is 10.6 Å². The molecule has 0 spiro atoms. The van der Waals surface area contributed by atoms with Gasteiger partial charge in [-0.2, -0.15) is 0 Å². The Balaban J connectivity index is 1.40. The molecule has 1 aliphatic rings. The standard InChI is InChI=1S/C16H15ClN2O4/c17-11-1-4-13(5-2-11)21-8-7-18-16(20)19-12-3-6-14-15(9-12)23-10-22-14/h1-6,9H,7-8,10H2,(H2,18,19,20). The Kier molecular flexibility index (Phi) is 4.73. The molecular formula is C16H15ClN2O4. The normalized spacial score (nSPS) is 11.9. The van der Waals surface area contributed by atoms with Crippen molar-refractivity contribution in [3.63, 3.8) is 0 Å². The van der Waals surface area contributed by atoms with Crippen LogP contribution in [0.15, 0.2) is 42.5 Å². The maximum atomic E-state index is 11.8. The number of benzene rings is 2. The van der Waals surface area contributed by atoms with E-state index in [-0.39, 0.29) is 12.8 Å². The summed E-state index contributed by atoms with van der Waals surface area (Å²) in [4.78, 5) is 11.8. The second-order valence-electron chi connectivity index (χ2n) is 4.75. The number of carbonyl (C=O) groups is 1. The lowest BCUT2D eigenvalue weighted by Crippen LogP contribution is -2.32. The number of urea groups is 1. The van der Waals surface area contributed by atoms with Crippen LogP contribution in [0.2, 0.25) is 5.02 Å². The van der Waals surface area contributed by atoms with Gasteiger partial charge in [0.15, 0.2) is 11.5 Å². The van der Waals surface area contributed by atoms with E-state index in [1.54, 1.807) is 42.5 Å². The molecule has 0 fully saturated rings. The van der Waals surface area contributed by atoms with Gasteiger partial charge in [0, 0.05) is 16.8 Å². The molecule has 0 aromatic heterocycles. The number of ether oxygens (including phenoxy) is 3. The maximum Gasteiger partial charge on any atom is 0.319 e. The highest BCUT2D eigenvalue weighted by atomic mass is 35.5. The number of fused-ring (bicyclic) bond motifs is 1. The molecule has 0 radical (unpaired) electrons. The molecule has 2 aromatic carbocycles. The van der Waals surface area contributed by atoms with Crippen LogP contribution >= 0.6 is 11.6 Å². The summed E-state index contributed by atoms with van der Waals surface area (Å²) < 4.78 is 15.9. The molecule has 0 saturated carbocycles. The first kappa shape index (κ1) is 15.3. The summed E-state index contributed by atoms with van der Waals surface area (Å²) in [7, 11) is 0. The van der Waals surface area contributed by atoms with Crippen LogP contribution in [0, 0.1) is 0 Å². The molecule has 7 heteroatoms. The Bertz CT molecular complexity index is 691. The van der Waals surface area contributed by atoms with E-state index >= 15 is 0 Å². The SMILES string of the molecule is O=C(NCCOc1ccc(Cl)cc1)Nc1ccc2c(c1)OCO2. The molecule has 0 bridgehead atoms. The average molecular weight is 335 g/mol. The van der Waals surface area contributed by atoms with Gasteiger partial charge < -0.3 is 24.8 Å². The Hall–Kier alpha value is -2.60. The van der Waals surface area contributed by atoms with Gasteiger partial charge in [-0.1, -0.05) is 11.6 Å². The first-order chi connectivity index (χ1) is 11.2. The molecule has 0 saturated heterocycles. The van der Waals surface area contributed by atoms with Crippen LogP contribution in [0.5, 0.6) is 17.2 Å². The number of halogens is 1. The molecule has 2 N–H and O–H groups in total. The molecule has 0 atom stereocenters. The smallest absolute Gasteiger partial charge is 0.319 e. The van der Waals surface area contributed by atoms with Crippen molar-refractivity contribution >= 4 is 23.3 Å². The summed E-state index contributed by atoms with van der Waals surface area (Å²) in [5, 5.41) is 6.08. The molecule has 6 nitrogen and oxygen atoms in total. The van der Waals surface area contributed by atoms with Crippen molar-refractivity contribution in [1.29, 1.82) is 0 Å². The number of hydrogen-bond donors (Lipinski definition) is 2. The first-order valence-corrected chi connectivity index (χ1v) is 7.41. The highest BCUT2D eigenvalue weighted by molar-refractivity contribution is 6.30. The largest absolute Gasteiger partial charge is 0.492 e. The Labute approximate surface area is 138 Å². The van der Waals surface area contributed by atoms with E-state index in [1.807, 2.05) is 0 Å². The summed E-state index contributed by atoms with van der Waals surface area (Å²) in [6.45, 7) is 0.933. The van der Waals surface area contributed by atoms with Crippen LogP contribution in [-0.2, 0) is 0 Å². The minimum Gasteiger partial charge on any atom is -0.492 e. The Morgan fingerprint density at radius 3 is 2.74 bits per heavy atom. The van der Waals surface area contributed by atoms with E-state index in [0.717, 1.165) is 0 Å². The van der Waals surface area contributed by atoms with Gasteiger partial charge in [0.2, 0.25) is 6.79 Å². The van der Waals surface area contributed by atoms with Gasteiger partial charge in [-0.15, -0.1) is 0 Å². The monoisotopic (exact) mass is 334 g/mol. The fourth-order valence-electron chi connectivity index (χ4n) is 2.01. The zero-order valence-electron chi connectivity index (χ0n) is 12.2. The van der Waals surface area contributed by atoms with E-state index < -0.39 is 0 Å². The molecule has 3 rings (SSSR count). The molecule has 2 aromatic rings. The molecular weight excluding hydrogens is 320 g/mol. The summed E-state index contributed by atoms with van der Waals surface area (Å²) in [5.74, 6) is 1.99. The molecule has 23 heavy (non-hydrogen) atoms. The molecule has 120 valence electrons. The topological polar surface area (TPSA) is 68.8 Å². The lowest BCUT2D eigenvalue weighted by atomic mass is 10.3. The maximum absolute atomic E-state index is 11.8. The molecule has 2 amide bonds. The highest BCUT2D eigenvalue weighted by Crippen LogP contribution is 2.34. The van der Waals surface area contributed by atoms with E-state index in [4.69, 9.17) is 25.8 Å². The molecule has 0 aliphatic carbocycles. The number of carbonyl (C=O) groups excluding carboxylic acids is 1. The molecule has 1 heterocycles. The number of amides is 2. The zero-order valence-corrected chi connectivity index (χ0v) is 12.9. The third-order valence-electron chi connectivity index (χ3n) is 3.10. The number of hydrogen-bond acceptors (Lipinski definition) is 4. The second kappa shape index (κ2) is 7.11. The van der Waals surface area contributed by atoms with Crippen molar-refractivity contribution in [2.45, 2.75) is 0 Å². The van der Waals surface area contributed by atoms with Crippen molar-refractivity contribution in [3.8, 4) is 17.2 Å². The van der Waals surface area contributed by atoms with Crippen LogP contribution in [0.1, 0.15) is 0 Å². The minimum atomic E-state index is -0.316. The van der Waals surface area contributed by atoms with E-state index in [9.17, 15) is 4.79 Å². The number of rotatable bonds is 5. The minimum absolute atomic E-state index is 0.201. The van der Waals surface area contributed by atoms with Crippen molar-refractivity contribution in [2.75, 3.05) is 25.3 Å². The number of nitrogens with one attached hydrogen (secondary N) is 2. The quantitative estimate of drug-likeness (QED) is 0.823. The third-order valence-corrected chi connectivity index (χ3v) is 3.35. The van der Waals surface area contributed by atoms with Gasteiger partial charge in [0.25, 0.3) is 0 Å². The van der Waals surface area contributed by atoms with Gasteiger partial charge in [-0.05, 0) is 36.4 Å². The lowest BCUT2D eigenvalue weighted by Gasteiger charge is -2.09. The van der Waals surface area contributed by atoms with Crippen LogP contribution < -0.4 is 24.8 Å². The van der Waals surface area contributed by atoms with Crippen molar-refractivity contribution in [1.82, 2.24) is 5.32 Å². The van der Waals surface area contributed by atoms with Crippen molar-refractivity contribution in [3.05, 3.63) is 47.5 Å². The fraction of sp³-hybridized carbons (Fsp3) is 0.188. The average Bonchev–Trinajstić information content (AvgIpc) is 3.01. The summed E-state index contributed by atoms with van der Waals surface area (Å²) >= 11 is 5.79. The first-order valence-electron chi connectivity index (χ1n) is 7.03. The fourth-order valence-corrected chi connectivity index (χ4v) is 2.14. The predicted octanol–water partition coefficient (Wildman–Crippen LogP) is 3.27. The predicted molar refractivity (Wildman–Crippen MR) is 86.5 cm³/mol. The van der Waals surface area contributed by atoms with Crippen LogP contribution in [-0.4, -0.2) is 26.0 Å². The van der Waals surface area contributed by atoms with E-state index in [0.29, 0.717) is 41.1 Å². The summed E-state index contributed by atoms with van der Waals surface area (Å²) in [6.07, 6.45) is 0. The van der Waals surface area contributed by atoms with Gasteiger partial charge >= 0.3 is 6.03 Å². The van der Waals surface area contributed by atoms with Gasteiger partial charge in [0.05, 0.1) is 6.54 Å². The zero-order chi connectivity index (χ0) is 16.1.